The highest BCUT2D eigenvalue weighted by molar-refractivity contribution is 5.95. The number of carbonyl (C=O) groups excluding carboxylic acids is 3. The van der Waals surface area contributed by atoms with Gasteiger partial charge in [-0.15, -0.1) is 0 Å². The lowest BCUT2D eigenvalue weighted by Gasteiger charge is -2.24. The number of nitrogens with zero attached hydrogens (tertiary/aromatic N) is 2. The van der Waals surface area contributed by atoms with Crippen LogP contribution in [0.4, 0.5) is 0 Å². The van der Waals surface area contributed by atoms with Crippen LogP contribution in [0.15, 0.2) is 18.2 Å². The maximum Gasteiger partial charge on any atom is 0.253 e. The van der Waals surface area contributed by atoms with E-state index in [1.807, 2.05) is 13.0 Å². The number of nitrogens with one attached hydrogen (secondary N) is 1. The molecule has 2 aliphatic heterocycles. The Morgan fingerprint density at radius 2 is 1.88 bits per heavy atom. The van der Waals surface area contributed by atoms with E-state index >= 15 is 0 Å². The molecule has 0 aliphatic carbocycles. The van der Waals surface area contributed by atoms with Crippen molar-refractivity contribution < 1.29 is 19.1 Å². The zero-order chi connectivity index (χ0) is 18.7. The van der Waals surface area contributed by atoms with E-state index in [1.54, 1.807) is 29.0 Å². The fourth-order valence-corrected chi connectivity index (χ4v) is 3.55. The summed E-state index contributed by atoms with van der Waals surface area (Å²) in [6.07, 6.45) is 1.70. The van der Waals surface area contributed by atoms with E-state index in [2.05, 4.69) is 5.32 Å². The molecule has 2 saturated heterocycles. The van der Waals surface area contributed by atoms with Crippen LogP contribution in [-0.4, -0.2) is 66.9 Å². The lowest BCUT2D eigenvalue weighted by molar-refractivity contribution is -0.134. The van der Waals surface area contributed by atoms with Crippen molar-refractivity contribution in [3.63, 3.8) is 0 Å². The molecule has 3 rings (SSSR count). The molecule has 2 fully saturated rings. The largest absolute Gasteiger partial charge is 0.496 e. The van der Waals surface area contributed by atoms with Gasteiger partial charge in [-0.1, -0.05) is 0 Å². The number of methoxy groups -OCH3 is 1. The molecule has 2 aliphatic rings. The molecule has 140 valence electrons. The van der Waals surface area contributed by atoms with Crippen LogP contribution in [0.25, 0.3) is 0 Å². The van der Waals surface area contributed by atoms with Crippen molar-refractivity contribution in [2.24, 2.45) is 0 Å². The second-order valence-corrected chi connectivity index (χ2v) is 6.81. The average molecular weight is 359 g/mol. The Morgan fingerprint density at radius 1 is 1.15 bits per heavy atom. The summed E-state index contributed by atoms with van der Waals surface area (Å²) in [5.41, 5.74) is 1.55. The lowest BCUT2D eigenvalue weighted by atomic mass is 10.1. The third-order valence-corrected chi connectivity index (χ3v) is 5.03. The first-order chi connectivity index (χ1) is 12.5. The summed E-state index contributed by atoms with van der Waals surface area (Å²) in [6, 6.07) is 5.01. The van der Waals surface area contributed by atoms with Gasteiger partial charge in [0, 0.05) is 38.2 Å². The van der Waals surface area contributed by atoms with Gasteiger partial charge in [0.2, 0.25) is 11.8 Å². The predicted octanol–water partition coefficient (Wildman–Crippen LogP) is 0.957. The van der Waals surface area contributed by atoms with Gasteiger partial charge in [0.15, 0.2) is 0 Å². The van der Waals surface area contributed by atoms with Crippen LogP contribution in [0.5, 0.6) is 5.75 Å². The van der Waals surface area contributed by atoms with Gasteiger partial charge in [0.05, 0.1) is 7.11 Å². The van der Waals surface area contributed by atoms with Crippen LogP contribution in [0, 0.1) is 6.92 Å². The number of rotatable bonds is 3. The molecular formula is C19H25N3O4. The Balaban J connectivity index is 1.63. The van der Waals surface area contributed by atoms with Crippen molar-refractivity contribution in [2.45, 2.75) is 32.2 Å². The number of hydrogen-bond acceptors (Lipinski definition) is 4. The molecule has 26 heavy (non-hydrogen) atoms. The summed E-state index contributed by atoms with van der Waals surface area (Å²) >= 11 is 0. The molecule has 1 aromatic rings. The minimum atomic E-state index is -0.408. The number of aryl methyl sites for hydroxylation is 1. The van der Waals surface area contributed by atoms with Crippen molar-refractivity contribution >= 4 is 17.7 Å². The summed E-state index contributed by atoms with van der Waals surface area (Å²) in [5, 5.41) is 2.73. The smallest absolute Gasteiger partial charge is 0.253 e. The summed E-state index contributed by atoms with van der Waals surface area (Å²) in [4.78, 5) is 40.3. The van der Waals surface area contributed by atoms with Crippen LogP contribution < -0.4 is 10.1 Å². The molecule has 0 bridgehead atoms. The van der Waals surface area contributed by atoms with E-state index < -0.39 is 6.04 Å². The second kappa shape index (κ2) is 7.76. The van der Waals surface area contributed by atoms with Crippen LogP contribution in [-0.2, 0) is 9.59 Å². The first-order valence-electron chi connectivity index (χ1n) is 9.01. The molecule has 1 aromatic carbocycles. The third-order valence-electron chi connectivity index (χ3n) is 5.03. The van der Waals surface area contributed by atoms with E-state index in [1.165, 1.54) is 0 Å². The molecule has 3 amide bonds. The highest BCUT2D eigenvalue weighted by Crippen LogP contribution is 2.20. The molecule has 0 saturated carbocycles. The first kappa shape index (κ1) is 18.2. The van der Waals surface area contributed by atoms with Gasteiger partial charge < -0.3 is 19.9 Å². The van der Waals surface area contributed by atoms with Gasteiger partial charge in [-0.25, -0.2) is 0 Å². The lowest BCUT2D eigenvalue weighted by Crippen LogP contribution is -2.46. The van der Waals surface area contributed by atoms with Crippen LogP contribution >= 0.6 is 0 Å². The van der Waals surface area contributed by atoms with Crippen molar-refractivity contribution in [3.05, 3.63) is 29.3 Å². The molecule has 0 spiro atoms. The Hall–Kier alpha value is -2.57. The van der Waals surface area contributed by atoms with E-state index in [4.69, 9.17) is 4.74 Å². The second-order valence-electron chi connectivity index (χ2n) is 6.81. The van der Waals surface area contributed by atoms with Gasteiger partial charge in [-0.3, -0.25) is 14.4 Å². The maximum atomic E-state index is 12.8. The number of amides is 3. The zero-order valence-electron chi connectivity index (χ0n) is 15.3. The summed E-state index contributed by atoms with van der Waals surface area (Å²) in [5.74, 6) is 0.627. The van der Waals surface area contributed by atoms with E-state index in [0.717, 1.165) is 17.7 Å². The fraction of sp³-hybridized carbons (Fsp3) is 0.526. The average Bonchev–Trinajstić information content (AvgIpc) is 2.92. The molecule has 2 heterocycles. The molecule has 0 radical (unpaired) electrons. The fourth-order valence-electron chi connectivity index (χ4n) is 3.55. The van der Waals surface area contributed by atoms with Crippen molar-refractivity contribution in [2.75, 3.05) is 33.3 Å². The minimum absolute atomic E-state index is 0.0285. The molecule has 7 heteroatoms. The molecule has 1 N–H and O–H groups in total. The van der Waals surface area contributed by atoms with E-state index in [-0.39, 0.29) is 17.7 Å². The predicted molar refractivity (Wildman–Crippen MR) is 96.0 cm³/mol. The Kier molecular flexibility index (Phi) is 5.44. The maximum absolute atomic E-state index is 12.8. The number of hydrogen-bond donors (Lipinski definition) is 1. The zero-order valence-corrected chi connectivity index (χ0v) is 15.3. The van der Waals surface area contributed by atoms with Gasteiger partial charge in [-0.05, 0) is 43.5 Å². The van der Waals surface area contributed by atoms with E-state index in [0.29, 0.717) is 44.6 Å². The van der Waals surface area contributed by atoms with Crippen LogP contribution in [0.3, 0.4) is 0 Å². The van der Waals surface area contributed by atoms with Crippen molar-refractivity contribution in [1.82, 2.24) is 15.1 Å². The summed E-state index contributed by atoms with van der Waals surface area (Å²) in [7, 11) is 1.61. The highest BCUT2D eigenvalue weighted by Gasteiger charge is 2.32. The molecule has 1 atom stereocenters. The first-order valence-corrected chi connectivity index (χ1v) is 9.01. The Bertz CT molecular complexity index is 719. The number of ether oxygens (including phenoxy) is 1. The SMILES string of the molecule is COc1ccc(C(=O)N2CCCN(C(=O)C3CCC(=O)N3)CC2)cc1C. The van der Waals surface area contributed by atoms with Gasteiger partial charge in [0.1, 0.15) is 11.8 Å². The molecule has 0 aromatic heterocycles. The van der Waals surface area contributed by atoms with Crippen LogP contribution in [0.2, 0.25) is 0 Å². The normalized spacial score (nSPS) is 20.5. The molecule has 1 unspecified atom stereocenters. The number of benzene rings is 1. The van der Waals surface area contributed by atoms with Gasteiger partial charge in [0.25, 0.3) is 5.91 Å². The number of carbonyl (C=O) groups is 3. The molecular weight excluding hydrogens is 334 g/mol. The minimum Gasteiger partial charge on any atom is -0.496 e. The van der Waals surface area contributed by atoms with E-state index in [9.17, 15) is 14.4 Å². The standard InChI is InChI=1S/C19H25N3O4/c1-13-12-14(4-6-16(13)26-2)18(24)21-8-3-9-22(11-10-21)19(25)15-5-7-17(23)20-15/h4,6,12,15H,3,5,7-11H2,1-2H3,(H,20,23). The highest BCUT2D eigenvalue weighted by atomic mass is 16.5. The third kappa shape index (κ3) is 3.81. The van der Waals surface area contributed by atoms with Crippen molar-refractivity contribution in [1.29, 1.82) is 0 Å². The topological polar surface area (TPSA) is 79.0 Å². The quantitative estimate of drug-likeness (QED) is 0.872. The van der Waals surface area contributed by atoms with Crippen molar-refractivity contribution in [3.8, 4) is 5.75 Å². The Morgan fingerprint density at radius 3 is 2.54 bits per heavy atom. The van der Waals surface area contributed by atoms with Gasteiger partial charge >= 0.3 is 0 Å². The summed E-state index contributed by atoms with van der Waals surface area (Å²) in [6.45, 7) is 4.12. The Labute approximate surface area is 153 Å². The monoisotopic (exact) mass is 359 g/mol. The summed E-state index contributed by atoms with van der Waals surface area (Å²) < 4.78 is 5.24. The molecule has 7 nitrogen and oxygen atoms in total. The van der Waals surface area contributed by atoms with Crippen LogP contribution in [0.1, 0.15) is 35.2 Å². The van der Waals surface area contributed by atoms with Gasteiger partial charge in [-0.2, -0.15) is 0 Å².